The van der Waals surface area contributed by atoms with Gasteiger partial charge in [0.15, 0.2) is 0 Å². The van der Waals surface area contributed by atoms with Crippen LogP contribution in [0.5, 0.6) is 0 Å². The lowest BCUT2D eigenvalue weighted by Crippen LogP contribution is -1.80. The lowest BCUT2D eigenvalue weighted by Gasteiger charge is -1.93. The lowest BCUT2D eigenvalue weighted by molar-refractivity contribution is 1.20. The van der Waals surface area contributed by atoms with E-state index in [0.29, 0.717) is 10.2 Å². The molecule has 0 N–H and O–H groups in total. The van der Waals surface area contributed by atoms with Crippen molar-refractivity contribution >= 4 is 23.2 Å². The Labute approximate surface area is 77.4 Å². The second-order valence-corrected chi connectivity index (χ2v) is 2.50. The van der Waals surface area contributed by atoms with Gasteiger partial charge in [-0.3, -0.25) is 0 Å². The van der Waals surface area contributed by atoms with Crippen molar-refractivity contribution in [3.8, 4) is 0 Å². The summed E-state index contributed by atoms with van der Waals surface area (Å²) in [5.74, 6) is 0. The normalized spacial score (nSPS) is 8.45. The number of nitrogens with zero attached hydrogens (tertiary/aromatic N) is 1. The van der Waals surface area contributed by atoms with E-state index in [1.807, 2.05) is 20.8 Å². The number of aryl methyl sites for hydroxylation is 1. The third-order valence-corrected chi connectivity index (χ3v) is 1.60. The quantitative estimate of drug-likeness (QED) is 0.570. The summed E-state index contributed by atoms with van der Waals surface area (Å²) in [7, 11) is 0. The topological polar surface area (TPSA) is 12.9 Å². The number of rotatable bonds is 0. The number of hydrogen-bond donors (Lipinski definition) is 0. The van der Waals surface area contributed by atoms with Gasteiger partial charge in [0.05, 0.1) is 10.7 Å². The molecule has 0 aliphatic rings. The predicted octanol–water partition coefficient (Wildman–Crippen LogP) is 3.72. The van der Waals surface area contributed by atoms with Crippen molar-refractivity contribution < 1.29 is 0 Å². The van der Waals surface area contributed by atoms with Crippen molar-refractivity contribution in [1.29, 1.82) is 0 Å². The monoisotopic (exact) mass is 191 g/mol. The van der Waals surface area contributed by atoms with Gasteiger partial charge in [0.2, 0.25) is 0 Å². The summed E-state index contributed by atoms with van der Waals surface area (Å²) < 4.78 is 0. The Morgan fingerprint density at radius 3 is 2.09 bits per heavy atom. The van der Waals surface area contributed by atoms with Crippen LogP contribution in [0.15, 0.2) is 12.1 Å². The molecule has 0 aliphatic carbocycles. The molecule has 0 amide bonds. The molecule has 11 heavy (non-hydrogen) atoms. The van der Waals surface area contributed by atoms with Crippen molar-refractivity contribution in [2.75, 3.05) is 0 Å². The smallest absolute Gasteiger partial charge is 0.129 e. The van der Waals surface area contributed by atoms with Crippen molar-refractivity contribution in [1.82, 2.24) is 4.98 Å². The average Bonchev–Trinajstić information content (AvgIpc) is 2.02. The largest absolute Gasteiger partial charge is 0.240 e. The van der Waals surface area contributed by atoms with Gasteiger partial charge in [0.25, 0.3) is 0 Å². The summed E-state index contributed by atoms with van der Waals surface area (Å²) in [4.78, 5) is 3.91. The molecular formula is C8H11Cl2N. The maximum absolute atomic E-state index is 5.66. The molecule has 1 heterocycles. The van der Waals surface area contributed by atoms with Crippen LogP contribution in [-0.4, -0.2) is 4.98 Å². The molecule has 0 saturated carbocycles. The minimum atomic E-state index is 0.483. The van der Waals surface area contributed by atoms with E-state index < -0.39 is 0 Å². The van der Waals surface area contributed by atoms with Crippen LogP contribution in [0.2, 0.25) is 10.2 Å². The standard InChI is InChI=1S/C6H5Cl2N.C2H6/c1-4-5(7)2-3-6(8)9-4;1-2/h2-3H,1H3;1-2H3. The molecule has 0 aromatic carbocycles. The molecule has 1 nitrogen and oxygen atoms in total. The Morgan fingerprint density at radius 1 is 1.18 bits per heavy atom. The maximum atomic E-state index is 5.66. The maximum Gasteiger partial charge on any atom is 0.129 e. The molecule has 1 rings (SSSR count). The lowest BCUT2D eigenvalue weighted by atomic mass is 10.4. The summed E-state index contributed by atoms with van der Waals surface area (Å²) in [5, 5.41) is 1.14. The Morgan fingerprint density at radius 2 is 1.73 bits per heavy atom. The molecule has 62 valence electrons. The summed E-state index contributed by atoms with van der Waals surface area (Å²) >= 11 is 11.2. The second kappa shape index (κ2) is 5.39. The molecule has 0 aliphatic heterocycles. The number of hydrogen-bond acceptors (Lipinski definition) is 1. The van der Waals surface area contributed by atoms with Crippen LogP contribution in [0.1, 0.15) is 19.5 Å². The minimum absolute atomic E-state index is 0.483. The van der Waals surface area contributed by atoms with Crippen LogP contribution >= 0.6 is 23.2 Å². The zero-order valence-electron chi connectivity index (χ0n) is 6.86. The Bertz CT molecular complexity index is 223. The molecule has 1 aromatic heterocycles. The van der Waals surface area contributed by atoms with Crippen molar-refractivity contribution in [2.24, 2.45) is 0 Å². The summed E-state index contributed by atoms with van der Waals surface area (Å²) in [6.45, 7) is 5.81. The summed E-state index contributed by atoms with van der Waals surface area (Å²) in [5.41, 5.74) is 0.768. The molecule has 0 atom stereocenters. The highest BCUT2D eigenvalue weighted by Gasteiger charge is 1.94. The third-order valence-electron chi connectivity index (χ3n) is 0.987. The zero-order chi connectivity index (χ0) is 8.85. The van der Waals surface area contributed by atoms with Gasteiger partial charge in [0, 0.05) is 0 Å². The van der Waals surface area contributed by atoms with Crippen LogP contribution in [0.3, 0.4) is 0 Å². The van der Waals surface area contributed by atoms with Gasteiger partial charge in [-0.25, -0.2) is 4.98 Å². The summed E-state index contributed by atoms with van der Waals surface area (Å²) in [6.07, 6.45) is 0. The van der Waals surface area contributed by atoms with Crippen molar-refractivity contribution in [3.63, 3.8) is 0 Å². The van der Waals surface area contributed by atoms with Crippen molar-refractivity contribution in [3.05, 3.63) is 28.0 Å². The first-order valence-corrected chi connectivity index (χ1v) is 4.24. The highest BCUT2D eigenvalue weighted by molar-refractivity contribution is 6.32. The fourth-order valence-electron chi connectivity index (χ4n) is 0.513. The van der Waals surface area contributed by atoms with E-state index in [9.17, 15) is 0 Å². The number of aromatic nitrogens is 1. The second-order valence-electron chi connectivity index (χ2n) is 1.70. The molecule has 0 fully saturated rings. The highest BCUT2D eigenvalue weighted by Crippen LogP contribution is 2.14. The molecule has 1 aromatic rings. The fourth-order valence-corrected chi connectivity index (χ4v) is 0.808. The van der Waals surface area contributed by atoms with Crippen LogP contribution in [0.25, 0.3) is 0 Å². The average molecular weight is 192 g/mol. The Kier molecular flexibility index (Phi) is 5.26. The Balaban J connectivity index is 0.000000461. The van der Waals surface area contributed by atoms with Gasteiger partial charge in [-0.15, -0.1) is 0 Å². The van der Waals surface area contributed by atoms with E-state index in [0.717, 1.165) is 5.69 Å². The van der Waals surface area contributed by atoms with Crippen LogP contribution in [0, 0.1) is 6.92 Å². The molecule has 0 spiro atoms. The molecular weight excluding hydrogens is 181 g/mol. The molecule has 3 heteroatoms. The van der Waals surface area contributed by atoms with E-state index in [4.69, 9.17) is 23.2 Å². The fraction of sp³-hybridized carbons (Fsp3) is 0.375. The molecule has 0 radical (unpaired) electrons. The van der Waals surface area contributed by atoms with Crippen LogP contribution < -0.4 is 0 Å². The zero-order valence-corrected chi connectivity index (χ0v) is 8.37. The van der Waals surface area contributed by atoms with Gasteiger partial charge in [-0.1, -0.05) is 37.0 Å². The third kappa shape index (κ3) is 3.59. The van der Waals surface area contributed by atoms with Crippen LogP contribution in [0.4, 0.5) is 0 Å². The first kappa shape index (κ1) is 10.7. The van der Waals surface area contributed by atoms with E-state index >= 15 is 0 Å². The number of halogens is 2. The van der Waals surface area contributed by atoms with Crippen molar-refractivity contribution in [2.45, 2.75) is 20.8 Å². The summed E-state index contributed by atoms with van der Waals surface area (Å²) in [6, 6.07) is 3.39. The molecule has 0 unspecified atom stereocenters. The molecule has 0 bridgehead atoms. The van der Waals surface area contributed by atoms with E-state index in [-0.39, 0.29) is 0 Å². The van der Waals surface area contributed by atoms with Gasteiger partial charge >= 0.3 is 0 Å². The Hall–Kier alpha value is -0.270. The van der Waals surface area contributed by atoms with Gasteiger partial charge in [-0.2, -0.15) is 0 Å². The van der Waals surface area contributed by atoms with E-state index in [1.54, 1.807) is 12.1 Å². The van der Waals surface area contributed by atoms with Gasteiger partial charge < -0.3 is 0 Å². The van der Waals surface area contributed by atoms with Crippen LogP contribution in [-0.2, 0) is 0 Å². The number of pyridine rings is 1. The van der Waals surface area contributed by atoms with E-state index in [1.165, 1.54) is 0 Å². The van der Waals surface area contributed by atoms with E-state index in [2.05, 4.69) is 4.98 Å². The molecule has 0 saturated heterocycles. The first-order valence-electron chi connectivity index (χ1n) is 3.49. The SMILES string of the molecule is CC.Cc1nc(Cl)ccc1Cl. The van der Waals surface area contributed by atoms with Gasteiger partial charge in [-0.05, 0) is 19.1 Å². The predicted molar refractivity (Wildman–Crippen MR) is 50.3 cm³/mol. The highest BCUT2D eigenvalue weighted by atomic mass is 35.5. The first-order chi connectivity index (χ1) is 5.20. The minimum Gasteiger partial charge on any atom is -0.240 e. The van der Waals surface area contributed by atoms with Gasteiger partial charge in [0.1, 0.15) is 5.15 Å².